The Morgan fingerprint density at radius 2 is 1.87 bits per heavy atom. The van der Waals surface area contributed by atoms with E-state index in [1.54, 1.807) is 25.3 Å². The van der Waals surface area contributed by atoms with Gasteiger partial charge in [-0.2, -0.15) is 5.10 Å². The summed E-state index contributed by atoms with van der Waals surface area (Å²) < 4.78 is 6.71. The van der Waals surface area contributed by atoms with Crippen molar-refractivity contribution in [1.29, 1.82) is 0 Å². The Bertz CT molecular complexity index is 1070. The largest absolute Gasteiger partial charge is 0.497 e. The molecule has 0 fully saturated rings. The van der Waals surface area contributed by atoms with E-state index in [2.05, 4.69) is 10.4 Å². The van der Waals surface area contributed by atoms with Gasteiger partial charge in [-0.25, -0.2) is 4.68 Å². The third-order valence-electron chi connectivity index (χ3n) is 4.95. The molecule has 0 spiro atoms. The molecule has 1 heterocycles. The van der Waals surface area contributed by atoms with Crippen LogP contribution in [-0.4, -0.2) is 33.8 Å². The number of non-ortho nitro benzene ring substituents is 1. The normalized spacial score (nSPS) is 11.9. The molecule has 8 nitrogen and oxygen atoms in total. The van der Waals surface area contributed by atoms with Gasteiger partial charge in [0, 0.05) is 23.7 Å². The molecule has 3 rings (SSSR count). The Balaban J connectivity index is 2.11. The minimum atomic E-state index is -0.476. The Morgan fingerprint density at radius 3 is 2.53 bits per heavy atom. The van der Waals surface area contributed by atoms with Crippen LogP contribution in [0.5, 0.6) is 5.75 Å². The molecule has 0 unspecified atom stereocenters. The first kappa shape index (κ1) is 21.0. The second kappa shape index (κ2) is 8.77. The summed E-state index contributed by atoms with van der Waals surface area (Å²) in [5.74, 6) is 0.613. The van der Waals surface area contributed by atoms with Crippen molar-refractivity contribution in [2.45, 2.75) is 26.8 Å². The van der Waals surface area contributed by atoms with Crippen LogP contribution >= 0.6 is 0 Å². The molecule has 0 radical (unpaired) electrons. The number of amides is 1. The third-order valence-corrected chi connectivity index (χ3v) is 4.95. The average molecular weight is 408 g/mol. The molecular formula is C22H24N4O4. The van der Waals surface area contributed by atoms with E-state index in [0.29, 0.717) is 22.8 Å². The summed E-state index contributed by atoms with van der Waals surface area (Å²) in [6.45, 7) is 5.97. The second-order valence-electron chi connectivity index (χ2n) is 7.34. The minimum absolute atomic E-state index is 0.0498. The maximum absolute atomic E-state index is 13.0. The minimum Gasteiger partial charge on any atom is -0.497 e. The van der Waals surface area contributed by atoms with Crippen molar-refractivity contribution in [1.82, 2.24) is 15.1 Å². The van der Waals surface area contributed by atoms with Crippen molar-refractivity contribution >= 4 is 11.6 Å². The fraction of sp³-hybridized carbons (Fsp3) is 0.273. The van der Waals surface area contributed by atoms with E-state index < -0.39 is 4.92 Å². The summed E-state index contributed by atoms with van der Waals surface area (Å²) in [5, 5.41) is 18.8. The fourth-order valence-corrected chi connectivity index (χ4v) is 2.85. The smallest absolute Gasteiger partial charge is 0.271 e. The summed E-state index contributed by atoms with van der Waals surface area (Å²) in [4.78, 5) is 23.7. The van der Waals surface area contributed by atoms with E-state index in [-0.39, 0.29) is 23.6 Å². The molecule has 156 valence electrons. The van der Waals surface area contributed by atoms with E-state index in [1.807, 2.05) is 45.0 Å². The van der Waals surface area contributed by atoms with Crippen LogP contribution < -0.4 is 10.1 Å². The molecule has 0 aliphatic heterocycles. The van der Waals surface area contributed by atoms with Gasteiger partial charge in [0.15, 0.2) is 0 Å². The number of nitrogens with one attached hydrogen (secondary N) is 1. The zero-order valence-corrected chi connectivity index (χ0v) is 17.3. The van der Waals surface area contributed by atoms with Gasteiger partial charge in [-0.1, -0.05) is 32.0 Å². The number of hydrogen-bond acceptors (Lipinski definition) is 5. The van der Waals surface area contributed by atoms with Crippen LogP contribution in [0.3, 0.4) is 0 Å². The van der Waals surface area contributed by atoms with Crippen molar-refractivity contribution in [3.63, 3.8) is 0 Å². The van der Waals surface area contributed by atoms with Crippen LogP contribution in [0, 0.1) is 16.0 Å². The van der Waals surface area contributed by atoms with Gasteiger partial charge in [0.1, 0.15) is 11.4 Å². The zero-order chi connectivity index (χ0) is 21.8. The molecule has 8 heteroatoms. The van der Waals surface area contributed by atoms with E-state index in [0.717, 1.165) is 5.56 Å². The van der Waals surface area contributed by atoms with Crippen molar-refractivity contribution < 1.29 is 14.5 Å². The Morgan fingerprint density at radius 1 is 1.13 bits per heavy atom. The molecule has 1 amide bonds. The maximum atomic E-state index is 13.0. The number of nitrogens with zero attached hydrogens (tertiary/aromatic N) is 3. The lowest BCUT2D eigenvalue weighted by Crippen LogP contribution is -2.37. The van der Waals surface area contributed by atoms with E-state index in [1.165, 1.54) is 16.8 Å². The highest BCUT2D eigenvalue weighted by atomic mass is 16.6. The summed E-state index contributed by atoms with van der Waals surface area (Å²) in [7, 11) is 1.58. The summed E-state index contributed by atoms with van der Waals surface area (Å²) in [6, 6.07) is 15.0. The molecular weight excluding hydrogens is 384 g/mol. The number of benzene rings is 2. The molecule has 0 saturated heterocycles. The third kappa shape index (κ3) is 4.48. The number of carbonyl (C=O) groups is 1. The lowest BCUT2D eigenvalue weighted by molar-refractivity contribution is -0.384. The highest BCUT2D eigenvalue weighted by Gasteiger charge is 2.21. The number of nitro groups is 1. The predicted octanol–water partition coefficient (Wildman–Crippen LogP) is 4.23. The van der Waals surface area contributed by atoms with Crippen LogP contribution in [0.2, 0.25) is 0 Å². The van der Waals surface area contributed by atoms with E-state index in [9.17, 15) is 14.9 Å². The lowest BCUT2D eigenvalue weighted by Gasteiger charge is -2.17. The van der Waals surface area contributed by atoms with Crippen LogP contribution in [-0.2, 0) is 0 Å². The lowest BCUT2D eigenvalue weighted by atomic mass is 10.1. The number of carbonyl (C=O) groups excluding carboxylic acids is 1. The SMILES string of the molecule is COc1cccc(-c2cc(C(=O)N[C@H](C)C(C)C)n(-c3cccc([N+](=O)[O-])c3)n2)c1. The number of nitro benzene ring substituents is 1. The van der Waals surface area contributed by atoms with E-state index in [4.69, 9.17) is 4.74 Å². The number of rotatable bonds is 7. The van der Waals surface area contributed by atoms with Crippen molar-refractivity contribution in [3.05, 3.63) is 70.4 Å². The van der Waals surface area contributed by atoms with Gasteiger partial charge >= 0.3 is 0 Å². The van der Waals surface area contributed by atoms with Crippen molar-refractivity contribution in [2.24, 2.45) is 5.92 Å². The topological polar surface area (TPSA) is 99.3 Å². The van der Waals surface area contributed by atoms with Crippen molar-refractivity contribution in [3.8, 4) is 22.7 Å². The highest BCUT2D eigenvalue weighted by molar-refractivity contribution is 5.94. The fourth-order valence-electron chi connectivity index (χ4n) is 2.85. The zero-order valence-electron chi connectivity index (χ0n) is 17.3. The molecule has 0 bridgehead atoms. The van der Waals surface area contributed by atoms with Crippen LogP contribution in [0.4, 0.5) is 5.69 Å². The molecule has 1 atom stereocenters. The Kier molecular flexibility index (Phi) is 6.15. The van der Waals surface area contributed by atoms with E-state index >= 15 is 0 Å². The number of methoxy groups -OCH3 is 1. The average Bonchev–Trinajstić information content (AvgIpc) is 3.19. The number of hydrogen-bond donors (Lipinski definition) is 1. The molecule has 30 heavy (non-hydrogen) atoms. The first-order valence-electron chi connectivity index (χ1n) is 9.60. The molecule has 0 aliphatic rings. The molecule has 0 saturated carbocycles. The molecule has 2 aromatic carbocycles. The monoisotopic (exact) mass is 408 g/mol. The first-order valence-corrected chi connectivity index (χ1v) is 9.60. The molecule has 1 aromatic heterocycles. The van der Waals surface area contributed by atoms with Crippen LogP contribution in [0.1, 0.15) is 31.3 Å². The summed E-state index contributed by atoms with van der Waals surface area (Å²) in [5.41, 5.74) is 1.97. The van der Waals surface area contributed by atoms with Gasteiger partial charge in [0.25, 0.3) is 11.6 Å². The van der Waals surface area contributed by atoms with Crippen LogP contribution in [0.25, 0.3) is 16.9 Å². The molecule has 3 aromatic rings. The Labute approximate surface area is 174 Å². The second-order valence-corrected chi connectivity index (χ2v) is 7.34. The van der Waals surface area contributed by atoms with Gasteiger partial charge in [-0.05, 0) is 37.1 Å². The standard InChI is InChI=1S/C22H24N4O4/c1-14(2)15(3)23-22(27)21-13-20(16-7-5-10-19(11-16)30-4)24-25(21)17-8-6-9-18(12-17)26(28)29/h5-15H,1-4H3,(H,23,27)/t15-/m1/s1. The van der Waals surface area contributed by atoms with Gasteiger partial charge < -0.3 is 10.1 Å². The highest BCUT2D eigenvalue weighted by Crippen LogP contribution is 2.26. The number of aromatic nitrogens is 2. The summed E-state index contributed by atoms with van der Waals surface area (Å²) >= 11 is 0. The van der Waals surface area contributed by atoms with Gasteiger partial charge in [0.05, 0.1) is 23.4 Å². The molecule has 1 N–H and O–H groups in total. The number of ether oxygens (including phenoxy) is 1. The Hall–Kier alpha value is -3.68. The predicted molar refractivity (Wildman–Crippen MR) is 114 cm³/mol. The molecule has 0 aliphatic carbocycles. The van der Waals surface area contributed by atoms with Crippen LogP contribution in [0.15, 0.2) is 54.6 Å². The quantitative estimate of drug-likeness (QED) is 0.466. The summed E-state index contributed by atoms with van der Waals surface area (Å²) in [6.07, 6.45) is 0. The first-order chi connectivity index (χ1) is 14.3. The van der Waals surface area contributed by atoms with Gasteiger partial charge in [0.2, 0.25) is 0 Å². The van der Waals surface area contributed by atoms with Gasteiger partial charge in [-0.15, -0.1) is 0 Å². The van der Waals surface area contributed by atoms with Gasteiger partial charge in [-0.3, -0.25) is 14.9 Å². The van der Waals surface area contributed by atoms with Crippen molar-refractivity contribution in [2.75, 3.05) is 7.11 Å². The maximum Gasteiger partial charge on any atom is 0.271 e.